The predicted octanol–water partition coefficient (Wildman–Crippen LogP) is 1.55. The van der Waals surface area contributed by atoms with Crippen molar-refractivity contribution in [3.63, 3.8) is 0 Å². The van der Waals surface area contributed by atoms with Gasteiger partial charge >= 0.3 is 5.97 Å². The van der Waals surface area contributed by atoms with Crippen LogP contribution in [0.1, 0.15) is 18.4 Å². The number of hydrogen-bond acceptors (Lipinski definition) is 3. The maximum absolute atomic E-state index is 11.5. The number of carboxylic acid groups (broad SMARTS) is 1. The van der Waals surface area contributed by atoms with Crippen LogP contribution in [0.15, 0.2) is 24.3 Å². The Hall–Kier alpha value is -1.55. The molecular formula is C15H20N2O2. The normalized spacial score (nSPS) is 22.3. The molecule has 0 amide bonds. The number of nitrogens with zero attached hydrogens (tertiary/aromatic N) is 2. The quantitative estimate of drug-likeness (QED) is 0.895. The number of likely N-dealkylation sites (N-methyl/N-ethyl adjacent to an activating group) is 1. The molecule has 1 heterocycles. The van der Waals surface area contributed by atoms with Crippen LogP contribution in [0.4, 0.5) is 5.69 Å². The molecule has 0 aromatic heterocycles. The summed E-state index contributed by atoms with van der Waals surface area (Å²) in [5.74, 6) is -0.672. The molecule has 4 nitrogen and oxygen atoms in total. The summed E-state index contributed by atoms with van der Waals surface area (Å²) in [4.78, 5) is 16.2. The van der Waals surface area contributed by atoms with Gasteiger partial charge < -0.3 is 14.9 Å². The zero-order valence-corrected chi connectivity index (χ0v) is 11.3. The van der Waals surface area contributed by atoms with Crippen LogP contribution in [0, 0.1) is 0 Å². The molecule has 0 unspecified atom stereocenters. The van der Waals surface area contributed by atoms with Gasteiger partial charge in [-0.2, -0.15) is 0 Å². The van der Waals surface area contributed by atoms with E-state index in [2.05, 4.69) is 22.9 Å². The highest BCUT2D eigenvalue weighted by Crippen LogP contribution is 2.51. The van der Waals surface area contributed by atoms with Crippen molar-refractivity contribution < 1.29 is 9.90 Å². The molecule has 1 aromatic rings. The molecule has 1 aromatic carbocycles. The molecule has 102 valence electrons. The van der Waals surface area contributed by atoms with Crippen LogP contribution < -0.4 is 4.90 Å². The Morgan fingerprint density at radius 2 is 1.79 bits per heavy atom. The first kappa shape index (κ1) is 12.5. The molecule has 1 aliphatic heterocycles. The minimum Gasteiger partial charge on any atom is -0.481 e. The van der Waals surface area contributed by atoms with Gasteiger partial charge in [0.05, 0.1) is 5.41 Å². The summed E-state index contributed by atoms with van der Waals surface area (Å²) in [5.41, 5.74) is 1.52. The lowest BCUT2D eigenvalue weighted by Crippen LogP contribution is -2.45. The third kappa shape index (κ3) is 2.10. The summed E-state index contributed by atoms with van der Waals surface area (Å²) in [5, 5.41) is 9.50. The largest absolute Gasteiger partial charge is 0.481 e. The number of carboxylic acids is 1. The van der Waals surface area contributed by atoms with Crippen LogP contribution in [0.3, 0.4) is 0 Å². The lowest BCUT2D eigenvalue weighted by Gasteiger charge is -2.36. The predicted molar refractivity (Wildman–Crippen MR) is 74.7 cm³/mol. The van der Waals surface area contributed by atoms with Gasteiger partial charge in [-0.1, -0.05) is 18.2 Å². The maximum atomic E-state index is 11.5. The number of rotatable bonds is 3. The fourth-order valence-electron chi connectivity index (χ4n) is 2.92. The fourth-order valence-corrected chi connectivity index (χ4v) is 2.92. The molecule has 19 heavy (non-hydrogen) atoms. The Labute approximate surface area is 113 Å². The summed E-state index contributed by atoms with van der Waals surface area (Å²) in [6, 6.07) is 8.03. The topological polar surface area (TPSA) is 43.8 Å². The lowest BCUT2D eigenvalue weighted by molar-refractivity contribution is -0.140. The van der Waals surface area contributed by atoms with E-state index in [1.807, 2.05) is 18.2 Å². The molecule has 0 bridgehead atoms. The highest BCUT2D eigenvalue weighted by atomic mass is 16.4. The van der Waals surface area contributed by atoms with E-state index in [1.54, 1.807) is 0 Å². The molecule has 2 fully saturated rings. The Bertz CT molecular complexity index is 489. The van der Waals surface area contributed by atoms with Crippen molar-refractivity contribution in [3.8, 4) is 0 Å². The van der Waals surface area contributed by atoms with Crippen LogP contribution >= 0.6 is 0 Å². The zero-order valence-electron chi connectivity index (χ0n) is 11.3. The summed E-state index contributed by atoms with van der Waals surface area (Å²) >= 11 is 0. The second kappa shape index (κ2) is 4.53. The van der Waals surface area contributed by atoms with Gasteiger partial charge in [-0.05, 0) is 31.5 Å². The Morgan fingerprint density at radius 3 is 2.37 bits per heavy atom. The van der Waals surface area contributed by atoms with Crippen LogP contribution in [0.5, 0.6) is 0 Å². The number of benzene rings is 1. The summed E-state index contributed by atoms with van der Waals surface area (Å²) in [7, 11) is 2.13. The van der Waals surface area contributed by atoms with Crippen molar-refractivity contribution in [2.45, 2.75) is 18.3 Å². The summed E-state index contributed by atoms with van der Waals surface area (Å²) in [6.45, 7) is 4.02. The van der Waals surface area contributed by atoms with Crippen LogP contribution in [0.2, 0.25) is 0 Å². The van der Waals surface area contributed by atoms with E-state index in [0.29, 0.717) is 0 Å². The van der Waals surface area contributed by atoms with E-state index in [4.69, 9.17) is 0 Å². The molecule has 1 N–H and O–H groups in total. The van der Waals surface area contributed by atoms with Crippen molar-refractivity contribution in [2.75, 3.05) is 38.1 Å². The minimum absolute atomic E-state index is 0.611. The van der Waals surface area contributed by atoms with Gasteiger partial charge in [0.15, 0.2) is 0 Å². The lowest BCUT2D eigenvalue weighted by atomic mass is 9.93. The Morgan fingerprint density at radius 1 is 1.16 bits per heavy atom. The van der Waals surface area contributed by atoms with Gasteiger partial charge in [-0.15, -0.1) is 0 Å². The van der Waals surface area contributed by atoms with Gasteiger partial charge in [0.1, 0.15) is 0 Å². The molecular weight excluding hydrogens is 240 g/mol. The third-order valence-corrected chi connectivity index (χ3v) is 4.42. The van der Waals surface area contributed by atoms with Crippen molar-refractivity contribution >= 4 is 11.7 Å². The monoisotopic (exact) mass is 260 g/mol. The number of piperazine rings is 1. The van der Waals surface area contributed by atoms with Gasteiger partial charge in [0, 0.05) is 31.9 Å². The molecule has 1 saturated heterocycles. The molecule has 2 aliphatic rings. The standard InChI is InChI=1S/C15H20N2O2/c1-16-8-10-17(11-9-16)13-5-3-2-4-12(13)15(6-7-15)14(18)19/h2-5H,6-11H2,1H3,(H,18,19). The molecule has 3 rings (SSSR count). The first-order valence-electron chi connectivity index (χ1n) is 6.90. The minimum atomic E-state index is -0.672. The highest BCUT2D eigenvalue weighted by Gasteiger charge is 2.53. The second-order valence-electron chi connectivity index (χ2n) is 5.69. The molecule has 0 atom stereocenters. The first-order chi connectivity index (χ1) is 9.13. The van der Waals surface area contributed by atoms with Crippen molar-refractivity contribution in [2.24, 2.45) is 0 Å². The van der Waals surface area contributed by atoms with E-state index in [9.17, 15) is 9.90 Å². The molecule has 0 spiro atoms. The molecule has 0 radical (unpaired) electrons. The van der Waals surface area contributed by atoms with E-state index in [-0.39, 0.29) is 0 Å². The maximum Gasteiger partial charge on any atom is 0.314 e. The Balaban J connectivity index is 1.92. The molecule has 1 saturated carbocycles. The first-order valence-corrected chi connectivity index (χ1v) is 6.90. The van der Waals surface area contributed by atoms with Gasteiger partial charge in [0.2, 0.25) is 0 Å². The van der Waals surface area contributed by atoms with Crippen LogP contribution in [-0.2, 0) is 10.2 Å². The number of para-hydroxylation sites is 1. The van der Waals surface area contributed by atoms with E-state index in [0.717, 1.165) is 50.3 Å². The van der Waals surface area contributed by atoms with E-state index < -0.39 is 11.4 Å². The summed E-state index contributed by atoms with van der Waals surface area (Å²) < 4.78 is 0. The van der Waals surface area contributed by atoms with E-state index >= 15 is 0 Å². The summed E-state index contributed by atoms with van der Waals surface area (Å²) in [6.07, 6.45) is 1.54. The molecule has 1 aliphatic carbocycles. The van der Waals surface area contributed by atoms with Gasteiger partial charge in [-0.25, -0.2) is 0 Å². The van der Waals surface area contributed by atoms with Crippen molar-refractivity contribution in [1.82, 2.24) is 4.90 Å². The number of carbonyl (C=O) groups is 1. The average Bonchev–Trinajstić information content (AvgIpc) is 3.21. The van der Waals surface area contributed by atoms with Gasteiger partial charge in [0.25, 0.3) is 0 Å². The number of aliphatic carboxylic acids is 1. The van der Waals surface area contributed by atoms with Crippen molar-refractivity contribution in [3.05, 3.63) is 29.8 Å². The SMILES string of the molecule is CN1CCN(c2ccccc2C2(C(=O)O)CC2)CC1. The fraction of sp³-hybridized carbons (Fsp3) is 0.533. The van der Waals surface area contributed by atoms with Crippen molar-refractivity contribution in [1.29, 1.82) is 0 Å². The zero-order chi connectivity index (χ0) is 13.5. The number of hydrogen-bond donors (Lipinski definition) is 1. The second-order valence-corrected chi connectivity index (χ2v) is 5.69. The van der Waals surface area contributed by atoms with E-state index in [1.165, 1.54) is 0 Å². The number of anilines is 1. The third-order valence-electron chi connectivity index (χ3n) is 4.42. The molecule has 4 heteroatoms. The van der Waals surface area contributed by atoms with Gasteiger partial charge in [-0.3, -0.25) is 4.79 Å². The highest BCUT2D eigenvalue weighted by molar-refractivity contribution is 5.87. The average molecular weight is 260 g/mol. The Kier molecular flexibility index (Phi) is 2.97. The smallest absolute Gasteiger partial charge is 0.314 e. The van der Waals surface area contributed by atoms with Crippen LogP contribution in [0.25, 0.3) is 0 Å². The van der Waals surface area contributed by atoms with Crippen LogP contribution in [-0.4, -0.2) is 49.2 Å².